The smallest absolute Gasteiger partial charge is 0.295 e. The molecule has 0 saturated carbocycles. The number of likely N-dealkylation sites (tertiary alicyclic amines) is 1. The zero-order valence-corrected chi connectivity index (χ0v) is 15.1. The number of aryl methyl sites for hydroxylation is 1. The Hall–Kier alpha value is -2.99. The van der Waals surface area contributed by atoms with Crippen LogP contribution in [0.25, 0.3) is 5.76 Å². The number of Topliss-reactive ketones (excluding diaryl/α,β-unsaturated/α-hetero) is 1. The lowest BCUT2D eigenvalue weighted by molar-refractivity contribution is -0.140. The van der Waals surface area contributed by atoms with Crippen molar-refractivity contribution in [2.75, 3.05) is 20.3 Å². The molecular weight excluding hydrogens is 349 g/mol. The van der Waals surface area contributed by atoms with E-state index in [1.807, 2.05) is 6.92 Å². The number of ether oxygens (including phenoxy) is 1. The molecule has 0 aromatic heterocycles. The average molecular weight is 369 g/mol. The molecule has 1 aliphatic rings. The molecule has 0 bridgehead atoms. The van der Waals surface area contributed by atoms with Crippen molar-refractivity contribution in [2.24, 2.45) is 0 Å². The minimum absolute atomic E-state index is 0.102. The lowest BCUT2D eigenvalue weighted by Crippen LogP contribution is -2.33. The summed E-state index contributed by atoms with van der Waals surface area (Å²) >= 11 is 0. The summed E-state index contributed by atoms with van der Waals surface area (Å²) in [7, 11) is 1.47. The maximum atomic E-state index is 14.5. The van der Waals surface area contributed by atoms with Gasteiger partial charge in [-0.2, -0.15) is 0 Å². The molecule has 1 aliphatic heterocycles. The first-order chi connectivity index (χ1) is 13.0. The van der Waals surface area contributed by atoms with E-state index in [1.54, 1.807) is 30.3 Å². The fraction of sp³-hybridized carbons (Fsp3) is 0.238. The Balaban J connectivity index is 2.18. The summed E-state index contributed by atoms with van der Waals surface area (Å²) in [6.45, 7) is 2.18. The van der Waals surface area contributed by atoms with Crippen molar-refractivity contribution in [1.82, 2.24) is 4.90 Å². The summed E-state index contributed by atoms with van der Waals surface area (Å²) in [4.78, 5) is 26.5. The van der Waals surface area contributed by atoms with Gasteiger partial charge in [0.1, 0.15) is 11.6 Å². The number of carbonyl (C=O) groups is 2. The molecule has 1 atom stereocenters. The van der Waals surface area contributed by atoms with Gasteiger partial charge in [0.05, 0.1) is 18.2 Å². The Labute approximate surface area is 156 Å². The number of nitrogens with zero attached hydrogens (tertiary/aromatic N) is 1. The third kappa shape index (κ3) is 3.48. The molecule has 6 heteroatoms. The molecule has 1 amide bonds. The van der Waals surface area contributed by atoms with Crippen molar-refractivity contribution in [3.63, 3.8) is 0 Å². The summed E-state index contributed by atoms with van der Waals surface area (Å²) in [6.07, 6.45) is 0. The van der Waals surface area contributed by atoms with Crippen LogP contribution in [0.2, 0.25) is 0 Å². The van der Waals surface area contributed by atoms with E-state index in [2.05, 4.69) is 0 Å². The van der Waals surface area contributed by atoms with Crippen molar-refractivity contribution in [3.05, 3.63) is 76.6 Å². The molecule has 2 aromatic carbocycles. The van der Waals surface area contributed by atoms with Gasteiger partial charge in [0, 0.05) is 24.8 Å². The first-order valence-electron chi connectivity index (χ1n) is 8.54. The van der Waals surface area contributed by atoms with Crippen molar-refractivity contribution in [3.8, 4) is 0 Å². The van der Waals surface area contributed by atoms with Crippen LogP contribution < -0.4 is 0 Å². The van der Waals surface area contributed by atoms with E-state index in [4.69, 9.17) is 4.74 Å². The number of hydrogen-bond acceptors (Lipinski definition) is 4. The van der Waals surface area contributed by atoms with Crippen LogP contribution in [0.5, 0.6) is 0 Å². The first-order valence-corrected chi connectivity index (χ1v) is 8.54. The van der Waals surface area contributed by atoms with Gasteiger partial charge >= 0.3 is 0 Å². The second-order valence-corrected chi connectivity index (χ2v) is 6.37. The van der Waals surface area contributed by atoms with Gasteiger partial charge in [-0.3, -0.25) is 9.59 Å². The number of amides is 1. The number of benzene rings is 2. The van der Waals surface area contributed by atoms with E-state index in [1.165, 1.54) is 30.2 Å². The van der Waals surface area contributed by atoms with Crippen LogP contribution in [-0.2, 0) is 14.3 Å². The van der Waals surface area contributed by atoms with E-state index >= 15 is 0 Å². The van der Waals surface area contributed by atoms with E-state index in [-0.39, 0.29) is 30.0 Å². The molecule has 1 saturated heterocycles. The highest BCUT2D eigenvalue weighted by molar-refractivity contribution is 6.46. The maximum Gasteiger partial charge on any atom is 0.295 e. The van der Waals surface area contributed by atoms with Gasteiger partial charge in [-0.1, -0.05) is 48.0 Å². The number of halogens is 1. The van der Waals surface area contributed by atoms with Crippen molar-refractivity contribution < 1.29 is 23.8 Å². The van der Waals surface area contributed by atoms with Gasteiger partial charge in [0.2, 0.25) is 0 Å². The first kappa shape index (κ1) is 18.8. The maximum absolute atomic E-state index is 14.5. The highest BCUT2D eigenvalue weighted by Crippen LogP contribution is 2.40. The zero-order chi connectivity index (χ0) is 19.6. The van der Waals surface area contributed by atoms with Crippen LogP contribution in [0, 0.1) is 12.7 Å². The second kappa shape index (κ2) is 7.72. The Morgan fingerprint density at radius 3 is 2.44 bits per heavy atom. The molecule has 0 radical (unpaired) electrons. The Morgan fingerprint density at radius 1 is 1.15 bits per heavy atom. The van der Waals surface area contributed by atoms with E-state index in [0.29, 0.717) is 5.56 Å². The number of carbonyl (C=O) groups excluding carboxylic acids is 2. The molecular formula is C21H20FNO4. The van der Waals surface area contributed by atoms with Gasteiger partial charge < -0.3 is 14.7 Å². The van der Waals surface area contributed by atoms with Crippen molar-refractivity contribution >= 4 is 17.4 Å². The summed E-state index contributed by atoms with van der Waals surface area (Å²) < 4.78 is 19.5. The Kier molecular flexibility index (Phi) is 5.37. The molecule has 0 spiro atoms. The van der Waals surface area contributed by atoms with Gasteiger partial charge in [0.15, 0.2) is 0 Å². The van der Waals surface area contributed by atoms with Crippen LogP contribution in [0.3, 0.4) is 0 Å². The normalized spacial score (nSPS) is 18.9. The number of hydrogen-bond donors (Lipinski definition) is 1. The highest BCUT2D eigenvalue weighted by atomic mass is 19.1. The lowest BCUT2D eigenvalue weighted by atomic mass is 9.94. The largest absolute Gasteiger partial charge is 0.507 e. The zero-order valence-electron chi connectivity index (χ0n) is 15.1. The van der Waals surface area contributed by atoms with Crippen molar-refractivity contribution in [1.29, 1.82) is 0 Å². The molecule has 1 heterocycles. The topological polar surface area (TPSA) is 66.8 Å². The summed E-state index contributed by atoms with van der Waals surface area (Å²) in [5.41, 5.74) is 1.41. The SMILES string of the molecule is COCCN1C(=O)C(=O)/C(=C(/O)c2ccc(C)cc2)[C@H]1c1ccccc1F. The number of ketones is 1. The molecule has 1 N–H and O–H groups in total. The second-order valence-electron chi connectivity index (χ2n) is 6.37. The molecule has 27 heavy (non-hydrogen) atoms. The van der Waals surface area contributed by atoms with Crippen LogP contribution in [-0.4, -0.2) is 42.0 Å². The van der Waals surface area contributed by atoms with Crippen LogP contribution in [0.15, 0.2) is 54.1 Å². The molecule has 5 nitrogen and oxygen atoms in total. The minimum atomic E-state index is -1.01. The third-order valence-electron chi connectivity index (χ3n) is 4.60. The standard InChI is InChI=1S/C21H20FNO4/c1-13-7-9-14(10-8-13)19(24)17-18(15-5-3-4-6-16(15)22)23(11-12-27-2)21(26)20(17)25/h3-10,18,24H,11-12H2,1-2H3/b19-17+/t18-/m1/s1. The summed E-state index contributed by atoms with van der Waals surface area (Å²) in [5.74, 6) is -2.49. The highest BCUT2D eigenvalue weighted by Gasteiger charge is 2.46. The molecule has 2 aromatic rings. The van der Waals surface area contributed by atoms with Crippen LogP contribution in [0.4, 0.5) is 4.39 Å². The molecule has 0 aliphatic carbocycles. The van der Waals surface area contributed by atoms with E-state index in [0.717, 1.165) is 5.56 Å². The monoisotopic (exact) mass is 369 g/mol. The Morgan fingerprint density at radius 2 is 1.81 bits per heavy atom. The predicted molar refractivity (Wildman–Crippen MR) is 98.5 cm³/mol. The molecule has 3 rings (SSSR count). The number of aliphatic hydroxyl groups excluding tert-OH is 1. The fourth-order valence-electron chi connectivity index (χ4n) is 3.19. The summed E-state index contributed by atoms with van der Waals surface area (Å²) in [6, 6.07) is 11.8. The molecule has 1 fully saturated rings. The quantitative estimate of drug-likeness (QED) is 0.499. The molecule has 0 unspecified atom stereocenters. The number of rotatable bonds is 5. The predicted octanol–water partition coefficient (Wildman–Crippen LogP) is 3.20. The number of aliphatic hydroxyl groups is 1. The average Bonchev–Trinajstić information content (AvgIpc) is 2.91. The van der Waals surface area contributed by atoms with E-state index < -0.39 is 23.5 Å². The lowest BCUT2D eigenvalue weighted by Gasteiger charge is -2.25. The van der Waals surface area contributed by atoms with Gasteiger partial charge in [-0.05, 0) is 13.0 Å². The number of methoxy groups -OCH3 is 1. The van der Waals surface area contributed by atoms with Crippen LogP contribution >= 0.6 is 0 Å². The van der Waals surface area contributed by atoms with Gasteiger partial charge in [-0.25, -0.2) is 4.39 Å². The summed E-state index contributed by atoms with van der Waals surface area (Å²) in [5, 5.41) is 10.8. The van der Waals surface area contributed by atoms with Crippen LogP contribution in [0.1, 0.15) is 22.7 Å². The fourth-order valence-corrected chi connectivity index (χ4v) is 3.19. The Bertz CT molecular complexity index is 905. The third-order valence-corrected chi connectivity index (χ3v) is 4.60. The van der Waals surface area contributed by atoms with Gasteiger partial charge in [0.25, 0.3) is 11.7 Å². The van der Waals surface area contributed by atoms with Gasteiger partial charge in [-0.15, -0.1) is 0 Å². The van der Waals surface area contributed by atoms with E-state index in [9.17, 15) is 19.1 Å². The minimum Gasteiger partial charge on any atom is -0.507 e. The van der Waals surface area contributed by atoms with Crippen molar-refractivity contribution in [2.45, 2.75) is 13.0 Å². The molecule has 140 valence electrons.